The molecular formula is C20H23N3O2. The average Bonchev–Trinajstić information content (AvgIpc) is 3.41. The molecule has 0 saturated heterocycles. The van der Waals surface area contributed by atoms with Crippen molar-refractivity contribution in [2.75, 3.05) is 6.61 Å². The maximum Gasteiger partial charge on any atom is 0.273 e. The molecule has 1 aromatic heterocycles. The minimum atomic E-state index is 0.00378. The number of rotatable bonds is 3. The van der Waals surface area contributed by atoms with Crippen molar-refractivity contribution >= 4 is 5.91 Å². The van der Waals surface area contributed by atoms with Crippen molar-refractivity contribution in [3.63, 3.8) is 0 Å². The highest BCUT2D eigenvalue weighted by Crippen LogP contribution is 2.43. The third kappa shape index (κ3) is 2.99. The molecule has 1 saturated carbocycles. The van der Waals surface area contributed by atoms with Gasteiger partial charge < -0.3 is 9.64 Å². The molecule has 1 aromatic carbocycles. The number of carbonyl (C=O) groups is 1. The SMILES string of the molecule is Cc1cc(C(=O)N(C2CC2)[C@H]2CCOc3cc(C)c(C)cc32)ncn1. The minimum Gasteiger partial charge on any atom is -0.493 e. The van der Waals surface area contributed by atoms with Crippen molar-refractivity contribution in [2.45, 2.75) is 52.1 Å². The molecule has 25 heavy (non-hydrogen) atoms. The summed E-state index contributed by atoms with van der Waals surface area (Å²) in [5, 5.41) is 0. The zero-order chi connectivity index (χ0) is 17.6. The molecule has 5 heteroatoms. The number of nitrogens with zero attached hydrogens (tertiary/aromatic N) is 3. The van der Waals surface area contributed by atoms with Crippen molar-refractivity contribution < 1.29 is 9.53 Å². The van der Waals surface area contributed by atoms with Gasteiger partial charge in [-0.05, 0) is 56.9 Å². The zero-order valence-corrected chi connectivity index (χ0v) is 15.0. The number of amides is 1. The van der Waals surface area contributed by atoms with Crippen LogP contribution < -0.4 is 4.74 Å². The molecule has 0 bridgehead atoms. The predicted molar refractivity (Wildman–Crippen MR) is 94.7 cm³/mol. The summed E-state index contributed by atoms with van der Waals surface area (Å²) < 4.78 is 5.88. The fraction of sp³-hybridized carbons (Fsp3) is 0.450. The van der Waals surface area contributed by atoms with Crippen LogP contribution in [0.5, 0.6) is 5.75 Å². The van der Waals surface area contributed by atoms with Crippen molar-refractivity contribution in [1.29, 1.82) is 0 Å². The molecule has 1 aliphatic carbocycles. The molecule has 1 atom stereocenters. The average molecular weight is 337 g/mol. The number of fused-ring (bicyclic) bond motifs is 1. The van der Waals surface area contributed by atoms with Gasteiger partial charge in [0.05, 0.1) is 12.6 Å². The van der Waals surface area contributed by atoms with Crippen molar-refractivity contribution in [3.05, 3.63) is 52.6 Å². The lowest BCUT2D eigenvalue weighted by molar-refractivity contribution is 0.0595. The molecule has 5 nitrogen and oxygen atoms in total. The van der Waals surface area contributed by atoms with Crippen molar-refractivity contribution in [1.82, 2.24) is 14.9 Å². The Morgan fingerprint density at radius 1 is 1.08 bits per heavy atom. The van der Waals surface area contributed by atoms with Gasteiger partial charge in [0.1, 0.15) is 17.8 Å². The van der Waals surface area contributed by atoms with Crippen LogP contribution in [0.3, 0.4) is 0 Å². The zero-order valence-electron chi connectivity index (χ0n) is 15.0. The molecule has 1 aliphatic heterocycles. The Kier molecular flexibility index (Phi) is 3.94. The van der Waals surface area contributed by atoms with Crippen LogP contribution in [0.25, 0.3) is 0 Å². The largest absolute Gasteiger partial charge is 0.493 e. The lowest BCUT2D eigenvalue weighted by Gasteiger charge is -2.36. The molecule has 2 aromatic rings. The molecule has 2 aliphatic rings. The number of hydrogen-bond acceptors (Lipinski definition) is 4. The number of hydrogen-bond donors (Lipinski definition) is 0. The number of aryl methyl sites for hydroxylation is 3. The van der Waals surface area contributed by atoms with Gasteiger partial charge in [0.25, 0.3) is 5.91 Å². The number of carbonyl (C=O) groups excluding carboxylic acids is 1. The first-order valence-electron chi connectivity index (χ1n) is 8.90. The highest BCUT2D eigenvalue weighted by Gasteiger charge is 2.41. The first-order valence-corrected chi connectivity index (χ1v) is 8.90. The van der Waals surface area contributed by atoms with Crippen LogP contribution >= 0.6 is 0 Å². The fourth-order valence-electron chi connectivity index (χ4n) is 3.54. The molecule has 0 N–H and O–H groups in total. The van der Waals surface area contributed by atoms with E-state index in [0.717, 1.165) is 36.3 Å². The molecule has 2 heterocycles. The summed E-state index contributed by atoms with van der Waals surface area (Å²) in [6, 6.07) is 6.42. The van der Waals surface area contributed by atoms with Crippen LogP contribution in [-0.4, -0.2) is 33.4 Å². The highest BCUT2D eigenvalue weighted by molar-refractivity contribution is 5.93. The van der Waals surface area contributed by atoms with Crippen LogP contribution in [0.15, 0.2) is 24.5 Å². The Bertz CT molecular complexity index is 830. The van der Waals surface area contributed by atoms with E-state index in [1.165, 1.54) is 17.5 Å². The molecule has 4 rings (SSSR count). The summed E-state index contributed by atoms with van der Waals surface area (Å²) in [5.74, 6) is 0.917. The Morgan fingerprint density at radius 3 is 2.56 bits per heavy atom. The third-order valence-corrected chi connectivity index (χ3v) is 5.17. The standard InChI is InChI=1S/C20H23N3O2/c1-12-8-16-18(6-7-25-19(16)9-13(12)2)23(15-4-5-15)20(24)17-10-14(3)21-11-22-17/h8-11,15,18H,4-7H2,1-3H3/t18-/m0/s1. The molecule has 1 amide bonds. The van der Waals surface area contributed by atoms with Gasteiger partial charge in [-0.2, -0.15) is 0 Å². The summed E-state index contributed by atoms with van der Waals surface area (Å²) >= 11 is 0. The first kappa shape index (κ1) is 16.1. The van der Waals surface area contributed by atoms with E-state index in [0.29, 0.717) is 18.3 Å². The van der Waals surface area contributed by atoms with E-state index in [1.54, 1.807) is 6.07 Å². The van der Waals surface area contributed by atoms with E-state index in [1.807, 2.05) is 11.8 Å². The summed E-state index contributed by atoms with van der Waals surface area (Å²) in [4.78, 5) is 23.6. The summed E-state index contributed by atoms with van der Waals surface area (Å²) in [6.45, 7) is 6.73. The predicted octanol–water partition coefficient (Wildman–Crippen LogP) is 3.53. The van der Waals surface area contributed by atoms with Gasteiger partial charge in [-0.1, -0.05) is 6.07 Å². The lowest BCUT2D eigenvalue weighted by atomic mass is 9.94. The van der Waals surface area contributed by atoms with Gasteiger partial charge >= 0.3 is 0 Å². The topological polar surface area (TPSA) is 55.3 Å². The van der Waals surface area contributed by atoms with E-state index in [2.05, 4.69) is 35.9 Å². The van der Waals surface area contributed by atoms with Crippen LogP contribution in [-0.2, 0) is 0 Å². The van der Waals surface area contributed by atoms with Gasteiger partial charge in [-0.3, -0.25) is 4.79 Å². The Morgan fingerprint density at radius 2 is 1.84 bits per heavy atom. The fourth-order valence-corrected chi connectivity index (χ4v) is 3.54. The highest BCUT2D eigenvalue weighted by atomic mass is 16.5. The van der Waals surface area contributed by atoms with Crippen molar-refractivity contribution in [2.24, 2.45) is 0 Å². The normalized spacial score (nSPS) is 19.1. The smallest absolute Gasteiger partial charge is 0.273 e. The number of aromatic nitrogens is 2. The molecule has 0 unspecified atom stereocenters. The van der Waals surface area contributed by atoms with Crippen LogP contribution in [0, 0.1) is 20.8 Å². The van der Waals surface area contributed by atoms with Gasteiger partial charge in [-0.25, -0.2) is 9.97 Å². The van der Waals surface area contributed by atoms with Crippen LogP contribution in [0.1, 0.15) is 58.2 Å². The van der Waals surface area contributed by atoms with E-state index in [9.17, 15) is 4.79 Å². The van der Waals surface area contributed by atoms with Gasteiger partial charge in [0.15, 0.2) is 0 Å². The first-order chi connectivity index (χ1) is 12.0. The maximum absolute atomic E-state index is 13.2. The minimum absolute atomic E-state index is 0.00378. The lowest BCUT2D eigenvalue weighted by Crippen LogP contribution is -2.39. The van der Waals surface area contributed by atoms with Crippen LogP contribution in [0.4, 0.5) is 0 Å². The molecule has 130 valence electrons. The summed E-state index contributed by atoms with van der Waals surface area (Å²) in [7, 11) is 0. The summed E-state index contributed by atoms with van der Waals surface area (Å²) in [6.07, 6.45) is 4.42. The molecule has 1 fully saturated rings. The second kappa shape index (κ2) is 6.14. The van der Waals surface area contributed by atoms with E-state index >= 15 is 0 Å². The Balaban J connectivity index is 1.74. The quantitative estimate of drug-likeness (QED) is 0.860. The van der Waals surface area contributed by atoms with E-state index in [-0.39, 0.29) is 11.9 Å². The van der Waals surface area contributed by atoms with E-state index < -0.39 is 0 Å². The third-order valence-electron chi connectivity index (χ3n) is 5.17. The Hall–Kier alpha value is -2.43. The maximum atomic E-state index is 13.2. The Labute approximate surface area is 148 Å². The van der Waals surface area contributed by atoms with Gasteiger partial charge in [0, 0.05) is 23.7 Å². The van der Waals surface area contributed by atoms with E-state index in [4.69, 9.17) is 4.74 Å². The molecule has 0 radical (unpaired) electrons. The number of benzene rings is 1. The molecular weight excluding hydrogens is 314 g/mol. The van der Waals surface area contributed by atoms with Gasteiger partial charge in [0.2, 0.25) is 0 Å². The van der Waals surface area contributed by atoms with Crippen LogP contribution in [0.2, 0.25) is 0 Å². The number of ether oxygens (including phenoxy) is 1. The van der Waals surface area contributed by atoms with Crippen molar-refractivity contribution in [3.8, 4) is 5.75 Å². The monoisotopic (exact) mass is 337 g/mol. The second-order valence-corrected chi connectivity index (χ2v) is 7.12. The second-order valence-electron chi connectivity index (χ2n) is 7.12. The van der Waals surface area contributed by atoms with Gasteiger partial charge in [-0.15, -0.1) is 0 Å². The molecule has 0 spiro atoms. The summed E-state index contributed by atoms with van der Waals surface area (Å²) in [5.41, 5.74) is 4.87.